The number of carboxylic acids is 1. The number of rotatable bonds is 6. The summed E-state index contributed by atoms with van der Waals surface area (Å²) in [5.74, 6) is -0.402. The lowest BCUT2D eigenvalue weighted by Crippen LogP contribution is -2.12. The Morgan fingerprint density at radius 2 is 2.00 bits per heavy atom. The first-order chi connectivity index (χ1) is 9.66. The minimum Gasteiger partial charge on any atom is -0.492 e. The molecule has 5 heteroatoms. The van der Waals surface area contributed by atoms with E-state index in [1.807, 2.05) is 24.3 Å². The summed E-state index contributed by atoms with van der Waals surface area (Å²) in [5.41, 5.74) is 1.22. The van der Waals surface area contributed by atoms with Crippen LogP contribution in [0, 0.1) is 0 Å². The number of hydrogen-bond acceptors (Lipinski definition) is 3. The summed E-state index contributed by atoms with van der Waals surface area (Å²) < 4.78 is 6.51. The third kappa shape index (κ3) is 3.99. The number of carbonyl (C=O) groups is 1. The number of carboxylic acid groups (broad SMARTS) is 1. The summed E-state index contributed by atoms with van der Waals surface area (Å²) in [4.78, 5) is 10.8. The van der Waals surface area contributed by atoms with Gasteiger partial charge in [-0.3, -0.25) is 0 Å². The van der Waals surface area contributed by atoms with Crippen LogP contribution in [0.2, 0.25) is 0 Å². The number of anilines is 1. The molecule has 0 heterocycles. The molecular formula is C15H14BrNO3. The van der Waals surface area contributed by atoms with Crippen molar-refractivity contribution in [1.29, 1.82) is 0 Å². The first-order valence-corrected chi connectivity index (χ1v) is 6.90. The molecule has 20 heavy (non-hydrogen) atoms. The Kier molecular flexibility index (Phi) is 5.01. The third-order valence-electron chi connectivity index (χ3n) is 2.64. The molecule has 104 valence electrons. The van der Waals surface area contributed by atoms with E-state index < -0.39 is 5.97 Å². The summed E-state index contributed by atoms with van der Waals surface area (Å²) in [5, 5.41) is 12.1. The second kappa shape index (κ2) is 6.96. The van der Waals surface area contributed by atoms with Gasteiger partial charge in [-0.1, -0.05) is 18.2 Å². The van der Waals surface area contributed by atoms with Crippen LogP contribution in [0.4, 0.5) is 5.69 Å². The number of ether oxygens (including phenoxy) is 1. The number of benzene rings is 2. The van der Waals surface area contributed by atoms with Crippen molar-refractivity contribution in [1.82, 2.24) is 0 Å². The van der Waals surface area contributed by atoms with Crippen LogP contribution in [0.3, 0.4) is 0 Å². The van der Waals surface area contributed by atoms with E-state index in [4.69, 9.17) is 9.84 Å². The molecule has 0 amide bonds. The second-order valence-corrected chi connectivity index (χ2v) is 4.94. The maximum atomic E-state index is 10.8. The number of para-hydroxylation sites is 1. The lowest BCUT2D eigenvalue weighted by molar-refractivity contribution is 0.0696. The molecule has 0 radical (unpaired) electrons. The van der Waals surface area contributed by atoms with Crippen LogP contribution in [-0.4, -0.2) is 24.2 Å². The maximum Gasteiger partial charge on any atom is 0.335 e. The van der Waals surface area contributed by atoms with E-state index in [0.29, 0.717) is 18.9 Å². The zero-order chi connectivity index (χ0) is 14.4. The monoisotopic (exact) mass is 335 g/mol. The van der Waals surface area contributed by atoms with Gasteiger partial charge in [-0.25, -0.2) is 4.79 Å². The Labute approximate surface area is 125 Å². The molecule has 0 aromatic heterocycles. The van der Waals surface area contributed by atoms with Gasteiger partial charge in [0.2, 0.25) is 0 Å². The molecule has 0 spiro atoms. The van der Waals surface area contributed by atoms with Crippen molar-refractivity contribution in [3.63, 3.8) is 0 Å². The van der Waals surface area contributed by atoms with Crippen molar-refractivity contribution in [3.8, 4) is 5.75 Å². The first-order valence-electron chi connectivity index (χ1n) is 6.11. The van der Waals surface area contributed by atoms with Crippen molar-refractivity contribution in [2.24, 2.45) is 0 Å². The normalized spacial score (nSPS) is 10.1. The van der Waals surface area contributed by atoms with Gasteiger partial charge in [0.05, 0.1) is 5.56 Å². The molecule has 2 aromatic carbocycles. The van der Waals surface area contributed by atoms with Crippen LogP contribution < -0.4 is 10.1 Å². The van der Waals surface area contributed by atoms with Crippen LogP contribution in [0.25, 0.3) is 0 Å². The van der Waals surface area contributed by atoms with Crippen LogP contribution in [0.1, 0.15) is 10.4 Å². The summed E-state index contributed by atoms with van der Waals surface area (Å²) in [6.45, 7) is 1.07. The highest BCUT2D eigenvalue weighted by Gasteiger charge is 2.03. The summed E-state index contributed by atoms with van der Waals surface area (Å²) in [6, 6.07) is 14.3. The number of halogens is 1. The highest BCUT2D eigenvalue weighted by molar-refractivity contribution is 9.10. The molecule has 4 nitrogen and oxygen atoms in total. The third-order valence-corrected chi connectivity index (χ3v) is 3.33. The first kappa shape index (κ1) is 14.4. The van der Waals surface area contributed by atoms with Gasteiger partial charge in [0.15, 0.2) is 0 Å². The van der Waals surface area contributed by atoms with E-state index in [1.54, 1.807) is 12.1 Å². The molecular weight excluding hydrogens is 322 g/mol. The van der Waals surface area contributed by atoms with Crippen molar-refractivity contribution < 1.29 is 14.6 Å². The largest absolute Gasteiger partial charge is 0.492 e. The van der Waals surface area contributed by atoms with E-state index in [1.165, 1.54) is 12.1 Å². The van der Waals surface area contributed by atoms with Gasteiger partial charge < -0.3 is 15.2 Å². The zero-order valence-corrected chi connectivity index (χ0v) is 12.3. The van der Waals surface area contributed by atoms with Gasteiger partial charge in [-0.2, -0.15) is 0 Å². The molecule has 0 aliphatic rings. The fourth-order valence-corrected chi connectivity index (χ4v) is 2.10. The Balaban J connectivity index is 1.83. The van der Waals surface area contributed by atoms with Crippen LogP contribution in [0.5, 0.6) is 5.75 Å². The van der Waals surface area contributed by atoms with Gasteiger partial charge in [0, 0.05) is 16.7 Å². The van der Waals surface area contributed by atoms with E-state index in [-0.39, 0.29) is 5.56 Å². The molecule has 0 saturated heterocycles. The predicted octanol–water partition coefficient (Wildman–Crippen LogP) is 3.64. The van der Waals surface area contributed by atoms with Crippen LogP contribution in [-0.2, 0) is 0 Å². The average molecular weight is 336 g/mol. The lowest BCUT2D eigenvalue weighted by atomic mass is 10.2. The molecule has 0 fully saturated rings. The molecule has 2 N–H and O–H groups in total. The highest BCUT2D eigenvalue weighted by Crippen LogP contribution is 2.20. The predicted molar refractivity (Wildman–Crippen MR) is 81.5 cm³/mol. The molecule has 2 aromatic rings. The maximum absolute atomic E-state index is 10.8. The van der Waals surface area contributed by atoms with Gasteiger partial charge in [-0.15, -0.1) is 0 Å². The topological polar surface area (TPSA) is 58.6 Å². The number of hydrogen-bond donors (Lipinski definition) is 2. The minimum atomic E-state index is -0.957. The SMILES string of the molecule is O=C(O)c1cccc(OCCNc2ccccc2Br)c1. The van der Waals surface area contributed by atoms with E-state index in [0.717, 1.165) is 10.2 Å². The summed E-state index contributed by atoms with van der Waals surface area (Å²) >= 11 is 3.45. The number of aromatic carboxylic acids is 1. The lowest BCUT2D eigenvalue weighted by Gasteiger charge is -2.10. The van der Waals surface area contributed by atoms with Gasteiger partial charge >= 0.3 is 5.97 Å². The molecule has 0 aliphatic heterocycles. The highest BCUT2D eigenvalue weighted by atomic mass is 79.9. The van der Waals surface area contributed by atoms with Crippen LogP contribution >= 0.6 is 15.9 Å². The smallest absolute Gasteiger partial charge is 0.335 e. The van der Waals surface area contributed by atoms with E-state index in [9.17, 15) is 4.79 Å². The molecule has 2 rings (SSSR count). The fourth-order valence-electron chi connectivity index (χ4n) is 1.68. The Morgan fingerprint density at radius 1 is 1.20 bits per heavy atom. The minimum absolute atomic E-state index is 0.223. The average Bonchev–Trinajstić information content (AvgIpc) is 2.45. The van der Waals surface area contributed by atoms with Crippen molar-refractivity contribution >= 4 is 27.6 Å². The Hall–Kier alpha value is -2.01. The van der Waals surface area contributed by atoms with Crippen molar-refractivity contribution in [3.05, 3.63) is 58.6 Å². The van der Waals surface area contributed by atoms with E-state index >= 15 is 0 Å². The molecule has 0 saturated carbocycles. The fraction of sp³-hybridized carbons (Fsp3) is 0.133. The Morgan fingerprint density at radius 3 is 2.75 bits per heavy atom. The quantitative estimate of drug-likeness (QED) is 0.791. The Bertz CT molecular complexity index is 601. The van der Waals surface area contributed by atoms with E-state index in [2.05, 4.69) is 21.2 Å². The zero-order valence-electron chi connectivity index (χ0n) is 10.7. The molecule has 0 aliphatic carbocycles. The molecule has 0 atom stereocenters. The van der Waals surface area contributed by atoms with Gasteiger partial charge in [0.1, 0.15) is 12.4 Å². The molecule has 0 unspecified atom stereocenters. The molecule has 0 bridgehead atoms. The van der Waals surface area contributed by atoms with Gasteiger partial charge in [-0.05, 0) is 46.3 Å². The number of nitrogens with one attached hydrogen (secondary N) is 1. The second-order valence-electron chi connectivity index (χ2n) is 4.09. The van der Waals surface area contributed by atoms with Gasteiger partial charge in [0.25, 0.3) is 0 Å². The standard InChI is InChI=1S/C15H14BrNO3/c16-13-6-1-2-7-14(13)17-8-9-20-12-5-3-4-11(10-12)15(18)19/h1-7,10,17H,8-9H2,(H,18,19). The summed E-state index contributed by atoms with van der Waals surface area (Å²) in [6.07, 6.45) is 0. The van der Waals surface area contributed by atoms with Crippen molar-refractivity contribution in [2.75, 3.05) is 18.5 Å². The summed E-state index contributed by atoms with van der Waals surface area (Å²) in [7, 11) is 0. The van der Waals surface area contributed by atoms with Crippen LogP contribution in [0.15, 0.2) is 53.0 Å². The van der Waals surface area contributed by atoms with Crippen molar-refractivity contribution in [2.45, 2.75) is 0 Å².